The van der Waals surface area contributed by atoms with Crippen LogP contribution in [0, 0.1) is 5.92 Å². The molecule has 4 N–H and O–H groups in total. The molecule has 0 aliphatic heterocycles. The zero-order chi connectivity index (χ0) is 15.0. The second kappa shape index (κ2) is 8.24. The third kappa shape index (κ3) is 5.77. The summed E-state index contributed by atoms with van der Waals surface area (Å²) in [5, 5.41) is 5.95. The Kier molecular flexibility index (Phi) is 6.63. The molecule has 0 saturated heterocycles. The number of nitrogens with two attached hydrogens (primary N) is 1. The van der Waals surface area contributed by atoms with Crippen LogP contribution in [-0.2, 0) is 4.79 Å². The van der Waals surface area contributed by atoms with Gasteiger partial charge in [-0.05, 0) is 25.0 Å². The Bertz CT molecular complexity index is 435. The first-order chi connectivity index (χ1) is 9.52. The number of nitrogens with one attached hydrogen (secondary N) is 2. The number of aromatic nitrogens is 1. The molecule has 0 fully saturated rings. The van der Waals surface area contributed by atoms with Crippen molar-refractivity contribution in [2.75, 3.05) is 30.7 Å². The molecule has 6 heteroatoms. The minimum absolute atomic E-state index is 0.0340. The fraction of sp³-hybridized carbons (Fsp3) is 0.571. The molecule has 20 heavy (non-hydrogen) atoms. The number of pyridine rings is 1. The van der Waals surface area contributed by atoms with E-state index in [9.17, 15) is 4.79 Å². The van der Waals surface area contributed by atoms with Crippen LogP contribution < -0.4 is 21.1 Å². The molecule has 0 aliphatic rings. The lowest BCUT2D eigenvalue weighted by Gasteiger charge is -2.10. The van der Waals surface area contributed by atoms with E-state index in [1.807, 2.05) is 6.92 Å². The van der Waals surface area contributed by atoms with E-state index in [4.69, 9.17) is 10.5 Å². The van der Waals surface area contributed by atoms with E-state index < -0.39 is 0 Å². The fourth-order valence-electron chi connectivity index (χ4n) is 1.51. The third-order valence-corrected chi connectivity index (χ3v) is 2.54. The van der Waals surface area contributed by atoms with Crippen LogP contribution in [0.1, 0.15) is 27.2 Å². The van der Waals surface area contributed by atoms with Crippen LogP contribution in [0.4, 0.5) is 11.5 Å². The van der Waals surface area contributed by atoms with Crippen LogP contribution in [-0.4, -0.2) is 30.6 Å². The van der Waals surface area contributed by atoms with Gasteiger partial charge in [-0.25, -0.2) is 0 Å². The first kappa shape index (κ1) is 16.1. The molecule has 0 bridgehead atoms. The van der Waals surface area contributed by atoms with Crippen molar-refractivity contribution >= 4 is 17.4 Å². The highest BCUT2D eigenvalue weighted by Crippen LogP contribution is 2.20. The van der Waals surface area contributed by atoms with Gasteiger partial charge in [0.15, 0.2) is 0 Å². The number of anilines is 2. The Labute approximate surface area is 120 Å². The summed E-state index contributed by atoms with van der Waals surface area (Å²) in [5.74, 6) is 1.56. The molecule has 0 aliphatic carbocycles. The minimum Gasteiger partial charge on any atom is -0.476 e. The molecular formula is C14H24N4O2. The summed E-state index contributed by atoms with van der Waals surface area (Å²) in [4.78, 5) is 15.8. The predicted octanol–water partition coefficient (Wildman–Crippen LogP) is 1.64. The van der Waals surface area contributed by atoms with Crippen LogP contribution in [0.2, 0.25) is 0 Å². The molecule has 0 spiro atoms. The van der Waals surface area contributed by atoms with Gasteiger partial charge < -0.3 is 21.1 Å². The average Bonchev–Trinajstić information content (AvgIpc) is 2.40. The Balaban J connectivity index is 2.38. The number of carbonyl (C=O) groups is 1. The van der Waals surface area contributed by atoms with E-state index in [1.165, 1.54) is 0 Å². The summed E-state index contributed by atoms with van der Waals surface area (Å²) in [6.45, 7) is 7.73. The zero-order valence-electron chi connectivity index (χ0n) is 12.4. The Morgan fingerprint density at radius 2 is 2.20 bits per heavy atom. The maximum Gasteiger partial charge on any atom is 0.239 e. The van der Waals surface area contributed by atoms with Gasteiger partial charge in [-0.3, -0.25) is 4.79 Å². The highest BCUT2D eigenvalue weighted by atomic mass is 16.5. The maximum absolute atomic E-state index is 11.5. The second-order valence-electron chi connectivity index (χ2n) is 4.90. The number of ether oxygens (including phenoxy) is 1. The largest absolute Gasteiger partial charge is 0.476 e. The van der Waals surface area contributed by atoms with E-state index in [-0.39, 0.29) is 5.91 Å². The molecule has 0 saturated carbocycles. The van der Waals surface area contributed by atoms with Crippen molar-refractivity contribution in [3.05, 3.63) is 12.1 Å². The van der Waals surface area contributed by atoms with Crippen molar-refractivity contribution in [3.8, 4) is 5.88 Å². The van der Waals surface area contributed by atoms with Gasteiger partial charge in [-0.15, -0.1) is 0 Å². The molecule has 1 aromatic heterocycles. The fourth-order valence-corrected chi connectivity index (χ4v) is 1.51. The lowest BCUT2D eigenvalue weighted by Crippen LogP contribution is -2.28. The molecular weight excluding hydrogens is 256 g/mol. The van der Waals surface area contributed by atoms with Gasteiger partial charge >= 0.3 is 0 Å². The van der Waals surface area contributed by atoms with Gasteiger partial charge in [-0.2, -0.15) is 4.98 Å². The van der Waals surface area contributed by atoms with Crippen molar-refractivity contribution in [3.63, 3.8) is 0 Å². The first-order valence-electron chi connectivity index (χ1n) is 6.92. The number of nitrogen functional groups attached to an aromatic ring is 1. The van der Waals surface area contributed by atoms with Crippen molar-refractivity contribution in [1.82, 2.24) is 10.3 Å². The summed E-state index contributed by atoms with van der Waals surface area (Å²) >= 11 is 0. The van der Waals surface area contributed by atoms with E-state index in [1.54, 1.807) is 12.1 Å². The molecule has 0 unspecified atom stereocenters. The molecule has 0 atom stereocenters. The summed E-state index contributed by atoms with van der Waals surface area (Å²) in [6, 6.07) is 3.50. The number of nitrogens with zero attached hydrogens (tertiary/aromatic N) is 1. The standard InChI is InChI=1S/C14H24N4O2/c1-4-20-14-11(15)5-6-12(18-14)16-8-7-13(19)17-9-10(2)3/h5-6,10H,4,7-9,15H2,1-3H3,(H,16,18)(H,17,19). The Morgan fingerprint density at radius 3 is 2.85 bits per heavy atom. The van der Waals surface area contributed by atoms with Crippen LogP contribution in [0.25, 0.3) is 0 Å². The van der Waals surface area contributed by atoms with E-state index >= 15 is 0 Å². The summed E-state index contributed by atoms with van der Waals surface area (Å²) < 4.78 is 5.31. The minimum atomic E-state index is 0.0340. The van der Waals surface area contributed by atoms with E-state index in [2.05, 4.69) is 29.5 Å². The third-order valence-electron chi connectivity index (χ3n) is 2.54. The molecule has 0 aromatic carbocycles. The molecule has 1 rings (SSSR count). The monoisotopic (exact) mass is 280 g/mol. The average molecular weight is 280 g/mol. The van der Waals surface area contributed by atoms with Crippen molar-refractivity contribution < 1.29 is 9.53 Å². The smallest absolute Gasteiger partial charge is 0.239 e. The number of hydrogen-bond acceptors (Lipinski definition) is 5. The predicted molar refractivity (Wildman–Crippen MR) is 80.8 cm³/mol. The van der Waals surface area contributed by atoms with Crippen molar-refractivity contribution in [2.45, 2.75) is 27.2 Å². The van der Waals surface area contributed by atoms with E-state index in [0.29, 0.717) is 49.4 Å². The van der Waals surface area contributed by atoms with Crippen LogP contribution in [0.5, 0.6) is 5.88 Å². The highest BCUT2D eigenvalue weighted by molar-refractivity contribution is 5.76. The normalized spacial score (nSPS) is 10.4. The molecule has 1 aromatic rings. The number of hydrogen-bond donors (Lipinski definition) is 3. The zero-order valence-corrected chi connectivity index (χ0v) is 12.4. The quantitative estimate of drug-likeness (QED) is 0.673. The molecule has 1 amide bonds. The highest BCUT2D eigenvalue weighted by Gasteiger charge is 2.05. The molecule has 0 radical (unpaired) electrons. The van der Waals surface area contributed by atoms with Gasteiger partial charge in [0.05, 0.1) is 12.3 Å². The molecule has 1 heterocycles. The summed E-state index contributed by atoms with van der Waals surface area (Å²) in [5.41, 5.74) is 6.25. The lowest BCUT2D eigenvalue weighted by molar-refractivity contribution is -0.120. The summed E-state index contributed by atoms with van der Waals surface area (Å²) in [7, 11) is 0. The maximum atomic E-state index is 11.5. The lowest BCUT2D eigenvalue weighted by atomic mass is 10.2. The van der Waals surface area contributed by atoms with Crippen molar-refractivity contribution in [2.24, 2.45) is 5.92 Å². The number of carbonyl (C=O) groups excluding carboxylic acids is 1. The number of rotatable bonds is 8. The SMILES string of the molecule is CCOc1nc(NCCC(=O)NCC(C)C)ccc1N. The Hall–Kier alpha value is -1.98. The molecule has 112 valence electrons. The van der Waals surface area contributed by atoms with Gasteiger partial charge in [0.2, 0.25) is 11.8 Å². The van der Waals surface area contributed by atoms with Crippen molar-refractivity contribution in [1.29, 1.82) is 0 Å². The second-order valence-corrected chi connectivity index (χ2v) is 4.90. The topological polar surface area (TPSA) is 89.3 Å². The van der Waals surface area contributed by atoms with Crippen LogP contribution >= 0.6 is 0 Å². The first-order valence-corrected chi connectivity index (χ1v) is 6.92. The van der Waals surface area contributed by atoms with Gasteiger partial charge in [0, 0.05) is 19.5 Å². The van der Waals surface area contributed by atoms with Crippen LogP contribution in [0.3, 0.4) is 0 Å². The molecule has 6 nitrogen and oxygen atoms in total. The number of amides is 1. The van der Waals surface area contributed by atoms with Gasteiger partial charge in [-0.1, -0.05) is 13.8 Å². The van der Waals surface area contributed by atoms with Crippen LogP contribution in [0.15, 0.2) is 12.1 Å². The van der Waals surface area contributed by atoms with Gasteiger partial charge in [0.1, 0.15) is 5.82 Å². The van der Waals surface area contributed by atoms with Gasteiger partial charge in [0.25, 0.3) is 0 Å². The Morgan fingerprint density at radius 1 is 1.45 bits per heavy atom. The van der Waals surface area contributed by atoms with E-state index in [0.717, 1.165) is 0 Å². The summed E-state index contributed by atoms with van der Waals surface area (Å²) in [6.07, 6.45) is 0.406.